The number of aryl methyl sites for hydroxylation is 1. The molecule has 0 saturated carbocycles. The highest BCUT2D eigenvalue weighted by Crippen LogP contribution is 2.25. The lowest BCUT2D eigenvalue weighted by Gasteiger charge is -2.33. The molecule has 0 N–H and O–H groups in total. The number of aromatic nitrogens is 1. The van der Waals surface area contributed by atoms with Gasteiger partial charge in [0.15, 0.2) is 5.58 Å². The molecule has 1 saturated heterocycles. The van der Waals surface area contributed by atoms with E-state index in [1.54, 1.807) is 16.4 Å². The van der Waals surface area contributed by atoms with E-state index in [1.165, 1.54) is 0 Å². The smallest absolute Gasteiger partial charge is 0.243 e. The van der Waals surface area contributed by atoms with Crippen LogP contribution < -0.4 is 0 Å². The van der Waals surface area contributed by atoms with Crippen LogP contribution in [-0.2, 0) is 16.6 Å². The van der Waals surface area contributed by atoms with E-state index in [0.29, 0.717) is 43.5 Å². The Bertz CT molecular complexity index is 1320. The van der Waals surface area contributed by atoms with Crippen molar-refractivity contribution in [2.24, 2.45) is 0 Å². The highest BCUT2D eigenvalue weighted by Gasteiger charge is 2.28. The number of oxazole rings is 1. The molecule has 1 aromatic heterocycles. The van der Waals surface area contributed by atoms with Crippen molar-refractivity contribution in [2.45, 2.75) is 18.4 Å². The van der Waals surface area contributed by atoms with Crippen LogP contribution in [0.5, 0.6) is 0 Å². The summed E-state index contributed by atoms with van der Waals surface area (Å²) >= 11 is 0. The first-order valence-electron chi connectivity index (χ1n) is 10.7. The van der Waals surface area contributed by atoms with E-state index < -0.39 is 10.0 Å². The largest absolute Gasteiger partial charge is 0.439 e. The van der Waals surface area contributed by atoms with Crippen LogP contribution >= 0.6 is 0 Å². The molecule has 7 heteroatoms. The maximum absolute atomic E-state index is 12.9. The number of sulfonamides is 1. The van der Waals surface area contributed by atoms with E-state index in [1.807, 2.05) is 55.5 Å². The van der Waals surface area contributed by atoms with Crippen LogP contribution in [-0.4, -0.2) is 48.8 Å². The molecule has 0 spiro atoms. The van der Waals surface area contributed by atoms with Crippen LogP contribution in [0.3, 0.4) is 0 Å². The molecule has 32 heavy (non-hydrogen) atoms. The maximum Gasteiger partial charge on any atom is 0.243 e. The van der Waals surface area contributed by atoms with Crippen molar-refractivity contribution in [3.05, 3.63) is 84.3 Å². The second kappa shape index (κ2) is 8.50. The molecule has 6 nitrogen and oxygen atoms in total. The summed E-state index contributed by atoms with van der Waals surface area (Å²) in [6, 6.07) is 23.3. The lowest BCUT2D eigenvalue weighted by Crippen LogP contribution is -2.48. The Hall–Kier alpha value is -3.00. The van der Waals surface area contributed by atoms with Crippen molar-refractivity contribution in [3.8, 4) is 11.1 Å². The molecule has 1 aliphatic rings. The minimum atomic E-state index is -3.46. The Balaban J connectivity index is 1.25. The number of rotatable bonds is 5. The summed E-state index contributed by atoms with van der Waals surface area (Å²) in [6.45, 7) is 4.69. The topological polar surface area (TPSA) is 66.7 Å². The number of piperazine rings is 1. The molecule has 2 heterocycles. The summed E-state index contributed by atoms with van der Waals surface area (Å²) in [5.74, 6) is 0.653. The average Bonchev–Trinajstić information content (AvgIpc) is 3.22. The summed E-state index contributed by atoms with van der Waals surface area (Å²) in [5.41, 5.74) is 4.89. The van der Waals surface area contributed by atoms with Crippen molar-refractivity contribution in [1.29, 1.82) is 0 Å². The van der Waals surface area contributed by atoms with E-state index in [4.69, 9.17) is 4.42 Å². The van der Waals surface area contributed by atoms with Crippen LogP contribution in [0.1, 0.15) is 11.5 Å². The van der Waals surface area contributed by atoms with Gasteiger partial charge in [0, 0.05) is 26.2 Å². The number of fused-ring (bicyclic) bond motifs is 1. The minimum Gasteiger partial charge on any atom is -0.439 e. The Kier molecular flexibility index (Phi) is 5.55. The van der Waals surface area contributed by atoms with Crippen molar-refractivity contribution < 1.29 is 12.8 Å². The first-order valence-corrected chi connectivity index (χ1v) is 12.2. The number of hydrogen-bond acceptors (Lipinski definition) is 5. The van der Waals surface area contributed by atoms with E-state index in [-0.39, 0.29) is 0 Å². The van der Waals surface area contributed by atoms with Gasteiger partial charge in [-0.1, -0.05) is 54.1 Å². The predicted octanol–water partition coefficient (Wildman–Crippen LogP) is 4.31. The third kappa shape index (κ3) is 4.19. The van der Waals surface area contributed by atoms with E-state index >= 15 is 0 Å². The lowest BCUT2D eigenvalue weighted by molar-refractivity contribution is 0.169. The van der Waals surface area contributed by atoms with Crippen LogP contribution in [0.2, 0.25) is 0 Å². The zero-order valence-corrected chi connectivity index (χ0v) is 18.8. The number of nitrogens with zero attached hydrogens (tertiary/aromatic N) is 3. The Morgan fingerprint density at radius 2 is 1.59 bits per heavy atom. The fourth-order valence-electron chi connectivity index (χ4n) is 4.03. The Morgan fingerprint density at radius 1 is 0.875 bits per heavy atom. The maximum atomic E-state index is 12.9. The van der Waals surface area contributed by atoms with Gasteiger partial charge in [-0.3, -0.25) is 4.90 Å². The Morgan fingerprint density at radius 3 is 2.31 bits per heavy atom. The monoisotopic (exact) mass is 447 g/mol. The van der Waals surface area contributed by atoms with Crippen LogP contribution in [0, 0.1) is 6.92 Å². The van der Waals surface area contributed by atoms with Gasteiger partial charge in [-0.15, -0.1) is 0 Å². The average molecular weight is 448 g/mol. The third-order valence-corrected chi connectivity index (χ3v) is 7.80. The first kappa shape index (κ1) is 20.9. The SMILES string of the molecule is Cc1ccc(S(=O)(=O)N2CCN(Cc3nc4cc(-c5ccccc5)ccc4o3)CC2)cc1. The summed E-state index contributed by atoms with van der Waals surface area (Å²) < 4.78 is 33.3. The molecule has 5 rings (SSSR count). The third-order valence-electron chi connectivity index (χ3n) is 5.89. The van der Waals surface area contributed by atoms with Gasteiger partial charge < -0.3 is 4.42 Å². The molecular formula is C25H25N3O3S. The first-order chi connectivity index (χ1) is 15.5. The van der Waals surface area contributed by atoms with E-state index in [9.17, 15) is 8.42 Å². The molecule has 0 bridgehead atoms. The van der Waals surface area contributed by atoms with Gasteiger partial charge in [-0.2, -0.15) is 4.31 Å². The molecule has 0 unspecified atom stereocenters. The van der Waals surface area contributed by atoms with Crippen molar-refractivity contribution in [2.75, 3.05) is 26.2 Å². The molecule has 4 aromatic rings. The standard InChI is InChI=1S/C25H25N3O3S/c1-19-7-10-22(11-8-19)32(29,30)28-15-13-27(14-16-28)18-25-26-23-17-21(9-12-24(23)31-25)20-5-3-2-4-6-20/h2-12,17H,13-16,18H2,1H3. The predicted molar refractivity (Wildman–Crippen MR) is 125 cm³/mol. The van der Waals surface area contributed by atoms with Gasteiger partial charge in [-0.05, 0) is 42.3 Å². The highest BCUT2D eigenvalue weighted by molar-refractivity contribution is 7.89. The second-order valence-electron chi connectivity index (χ2n) is 8.15. The van der Waals surface area contributed by atoms with Crippen LogP contribution in [0.25, 0.3) is 22.2 Å². The van der Waals surface area contributed by atoms with Gasteiger partial charge >= 0.3 is 0 Å². The number of hydrogen-bond donors (Lipinski definition) is 0. The molecule has 3 aromatic carbocycles. The minimum absolute atomic E-state index is 0.352. The van der Waals surface area contributed by atoms with Crippen molar-refractivity contribution >= 4 is 21.1 Å². The molecule has 0 amide bonds. The van der Waals surface area contributed by atoms with Gasteiger partial charge in [0.25, 0.3) is 0 Å². The summed E-state index contributed by atoms with van der Waals surface area (Å²) in [4.78, 5) is 7.21. The number of benzene rings is 3. The zero-order chi connectivity index (χ0) is 22.1. The molecular weight excluding hydrogens is 422 g/mol. The molecule has 1 aliphatic heterocycles. The van der Waals surface area contributed by atoms with Crippen molar-refractivity contribution in [1.82, 2.24) is 14.2 Å². The summed E-state index contributed by atoms with van der Waals surface area (Å²) in [5, 5.41) is 0. The summed E-state index contributed by atoms with van der Waals surface area (Å²) in [7, 11) is -3.46. The van der Waals surface area contributed by atoms with Gasteiger partial charge in [-0.25, -0.2) is 13.4 Å². The molecule has 0 aliphatic carbocycles. The van der Waals surface area contributed by atoms with Crippen molar-refractivity contribution in [3.63, 3.8) is 0 Å². The fraction of sp³-hybridized carbons (Fsp3) is 0.240. The highest BCUT2D eigenvalue weighted by atomic mass is 32.2. The molecule has 1 fully saturated rings. The molecule has 0 atom stereocenters. The molecule has 0 radical (unpaired) electrons. The van der Waals surface area contributed by atoms with Gasteiger partial charge in [0.2, 0.25) is 15.9 Å². The zero-order valence-electron chi connectivity index (χ0n) is 17.9. The van der Waals surface area contributed by atoms with E-state index in [2.05, 4.69) is 22.0 Å². The quantitative estimate of drug-likeness (QED) is 0.456. The summed E-state index contributed by atoms with van der Waals surface area (Å²) in [6.07, 6.45) is 0. The second-order valence-corrected chi connectivity index (χ2v) is 10.1. The molecule has 164 valence electrons. The lowest BCUT2D eigenvalue weighted by atomic mass is 10.1. The van der Waals surface area contributed by atoms with Crippen LogP contribution in [0.4, 0.5) is 0 Å². The van der Waals surface area contributed by atoms with Crippen LogP contribution in [0.15, 0.2) is 82.1 Å². The fourth-order valence-corrected chi connectivity index (χ4v) is 5.45. The van der Waals surface area contributed by atoms with Gasteiger partial charge in [0.1, 0.15) is 5.52 Å². The van der Waals surface area contributed by atoms with E-state index in [0.717, 1.165) is 27.8 Å². The Labute approximate surface area is 188 Å². The normalized spacial score (nSPS) is 15.9. The van der Waals surface area contributed by atoms with Gasteiger partial charge in [0.05, 0.1) is 11.4 Å².